The fourth-order valence-corrected chi connectivity index (χ4v) is 3.85. The van der Waals surface area contributed by atoms with E-state index in [1.165, 1.54) is 32.1 Å². The van der Waals surface area contributed by atoms with Crippen LogP contribution in [0.3, 0.4) is 0 Å². The fourth-order valence-electron chi connectivity index (χ4n) is 3.85. The Morgan fingerprint density at radius 2 is 2.07 bits per heavy atom. The minimum Gasteiger partial charge on any atom is -0.303 e. The molecule has 2 rings (SSSR count). The van der Waals surface area contributed by atoms with Crippen LogP contribution in [0.4, 0.5) is 0 Å². The van der Waals surface area contributed by atoms with Gasteiger partial charge in [0, 0.05) is 6.42 Å². The molecule has 2 bridgehead atoms. The highest BCUT2D eigenvalue weighted by Gasteiger charge is 2.44. The number of aldehydes is 1. The van der Waals surface area contributed by atoms with Crippen LogP contribution in [0, 0.1) is 17.8 Å². The first-order valence-corrected chi connectivity index (χ1v) is 6.47. The van der Waals surface area contributed by atoms with Crippen LogP contribution in [0.1, 0.15) is 52.4 Å². The largest absolute Gasteiger partial charge is 0.303 e. The number of rotatable bonds is 4. The highest BCUT2D eigenvalue weighted by molar-refractivity contribution is 5.50. The third kappa shape index (κ3) is 1.77. The zero-order valence-electron chi connectivity index (χ0n) is 9.96. The van der Waals surface area contributed by atoms with Gasteiger partial charge in [0.2, 0.25) is 0 Å². The van der Waals surface area contributed by atoms with E-state index in [4.69, 9.17) is 0 Å². The van der Waals surface area contributed by atoms with Crippen LogP contribution < -0.4 is 0 Å². The lowest BCUT2D eigenvalue weighted by Crippen LogP contribution is -2.10. The summed E-state index contributed by atoms with van der Waals surface area (Å²) in [4.78, 5) is 10.6. The maximum absolute atomic E-state index is 10.6. The monoisotopic (exact) mass is 206 g/mol. The van der Waals surface area contributed by atoms with E-state index in [0.29, 0.717) is 5.92 Å². The molecule has 0 N–H and O–H groups in total. The Kier molecular flexibility index (Phi) is 3.28. The first kappa shape index (κ1) is 10.9. The van der Waals surface area contributed by atoms with E-state index in [1.54, 1.807) is 11.1 Å². The summed E-state index contributed by atoms with van der Waals surface area (Å²) in [5.41, 5.74) is 3.46. The molecule has 0 spiro atoms. The van der Waals surface area contributed by atoms with Crippen molar-refractivity contribution < 1.29 is 4.79 Å². The van der Waals surface area contributed by atoms with Gasteiger partial charge in [-0.15, -0.1) is 0 Å². The quantitative estimate of drug-likeness (QED) is 0.506. The van der Waals surface area contributed by atoms with Gasteiger partial charge in [0.15, 0.2) is 0 Å². The molecule has 0 radical (unpaired) electrons. The van der Waals surface area contributed by atoms with Crippen molar-refractivity contribution in [3.63, 3.8) is 0 Å². The average Bonchev–Trinajstić information content (AvgIpc) is 2.78. The molecule has 1 nitrogen and oxygen atoms in total. The molecule has 1 heteroatoms. The molecule has 15 heavy (non-hydrogen) atoms. The topological polar surface area (TPSA) is 17.1 Å². The summed E-state index contributed by atoms with van der Waals surface area (Å²) in [5, 5.41) is 0. The lowest BCUT2D eigenvalue weighted by atomic mass is 9.86. The Bertz CT molecular complexity index is 271. The minimum absolute atomic E-state index is 0.685. The summed E-state index contributed by atoms with van der Waals surface area (Å²) in [6.45, 7) is 4.55. The Labute approximate surface area is 92.9 Å². The molecule has 0 aromatic heterocycles. The van der Waals surface area contributed by atoms with Crippen LogP contribution in [0.15, 0.2) is 11.1 Å². The fraction of sp³-hybridized carbons (Fsp3) is 0.786. The molecule has 3 unspecified atom stereocenters. The molecule has 2 fully saturated rings. The van der Waals surface area contributed by atoms with E-state index < -0.39 is 0 Å². The van der Waals surface area contributed by atoms with Crippen LogP contribution in [-0.2, 0) is 4.79 Å². The molecule has 0 aromatic rings. The molecule has 84 valence electrons. The van der Waals surface area contributed by atoms with Gasteiger partial charge in [-0.1, -0.05) is 25.0 Å². The second-order valence-corrected chi connectivity index (χ2v) is 5.04. The van der Waals surface area contributed by atoms with Crippen molar-refractivity contribution in [3.8, 4) is 0 Å². The van der Waals surface area contributed by atoms with Gasteiger partial charge in [-0.2, -0.15) is 0 Å². The smallest absolute Gasteiger partial charge is 0.120 e. The number of carbonyl (C=O) groups is 1. The second kappa shape index (κ2) is 4.51. The molecule has 2 saturated carbocycles. The number of allylic oxidation sites excluding steroid dienone is 2. The van der Waals surface area contributed by atoms with Gasteiger partial charge < -0.3 is 4.79 Å². The molecule has 2 aliphatic rings. The molecular formula is C14H22O. The van der Waals surface area contributed by atoms with Crippen LogP contribution >= 0.6 is 0 Å². The van der Waals surface area contributed by atoms with E-state index in [-0.39, 0.29) is 0 Å². The van der Waals surface area contributed by atoms with E-state index in [9.17, 15) is 4.79 Å². The first-order valence-electron chi connectivity index (χ1n) is 6.47. The summed E-state index contributed by atoms with van der Waals surface area (Å²) in [5.74, 6) is 2.30. The Morgan fingerprint density at radius 1 is 1.33 bits per heavy atom. The van der Waals surface area contributed by atoms with Crippen LogP contribution in [0.25, 0.3) is 0 Å². The van der Waals surface area contributed by atoms with Crippen LogP contribution in [-0.4, -0.2) is 6.29 Å². The maximum Gasteiger partial charge on any atom is 0.120 e. The summed E-state index contributed by atoms with van der Waals surface area (Å²) < 4.78 is 0. The third-order valence-electron chi connectivity index (χ3n) is 4.48. The van der Waals surface area contributed by atoms with Gasteiger partial charge in [-0.05, 0) is 49.9 Å². The maximum atomic E-state index is 10.6. The molecule has 3 atom stereocenters. The van der Waals surface area contributed by atoms with Crippen molar-refractivity contribution in [2.45, 2.75) is 52.4 Å². The highest BCUT2D eigenvalue weighted by atomic mass is 16.1. The molecule has 0 aliphatic heterocycles. The predicted octanol–water partition coefficient (Wildman–Crippen LogP) is 3.74. The van der Waals surface area contributed by atoms with Gasteiger partial charge >= 0.3 is 0 Å². The van der Waals surface area contributed by atoms with Gasteiger partial charge in [-0.25, -0.2) is 0 Å². The van der Waals surface area contributed by atoms with Gasteiger partial charge in [0.05, 0.1) is 0 Å². The lowest BCUT2D eigenvalue weighted by molar-refractivity contribution is -0.108. The molecular weight excluding hydrogens is 184 g/mol. The first-order chi connectivity index (χ1) is 7.31. The summed E-state index contributed by atoms with van der Waals surface area (Å²) >= 11 is 0. The van der Waals surface area contributed by atoms with Crippen molar-refractivity contribution in [2.75, 3.05) is 0 Å². The summed E-state index contributed by atoms with van der Waals surface area (Å²) in [6, 6.07) is 0. The van der Waals surface area contributed by atoms with E-state index in [2.05, 4.69) is 13.8 Å². The number of hydrogen-bond donors (Lipinski definition) is 0. The normalized spacial score (nSPS) is 33.5. The Balaban J connectivity index is 2.22. The third-order valence-corrected chi connectivity index (χ3v) is 4.48. The number of fused-ring (bicyclic) bond motifs is 2. The number of carbonyl (C=O) groups excluding carboxylic acids is 1. The predicted molar refractivity (Wildman–Crippen MR) is 62.6 cm³/mol. The Morgan fingerprint density at radius 3 is 2.67 bits per heavy atom. The van der Waals surface area contributed by atoms with Crippen molar-refractivity contribution >= 4 is 6.29 Å². The van der Waals surface area contributed by atoms with Crippen molar-refractivity contribution in [2.24, 2.45) is 17.8 Å². The van der Waals surface area contributed by atoms with Crippen molar-refractivity contribution in [1.29, 1.82) is 0 Å². The van der Waals surface area contributed by atoms with E-state index in [1.807, 2.05) is 0 Å². The highest BCUT2D eigenvalue weighted by Crippen LogP contribution is 2.54. The summed E-state index contributed by atoms with van der Waals surface area (Å²) in [7, 11) is 0. The standard InChI is InChI=1S/C14H22O/c1-3-10(4-2)14-12-5-6-13(14)11(9-12)7-8-15/h8,11-13H,3-7,9H2,1-2H3. The van der Waals surface area contributed by atoms with Gasteiger partial charge in [0.25, 0.3) is 0 Å². The molecule has 0 saturated heterocycles. The lowest BCUT2D eigenvalue weighted by Gasteiger charge is -2.18. The zero-order valence-corrected chi connectivity index (χ0v) is 9.96. The van der Waals surface area contributed by atoms with Gasteiger partial charge in [0.1, 0.15) is 6.29 Å². The molecule has 0 amide bonds. The van der Waals surface area contributed by atoms with Crippen molar-refractivity contribution in [3.05, 3.63) is 11.1 Å². The second-order valence-electron chi connectivity index (χ2n) is 5.04. The average molecular weight is 206 g/mol. The van der Waals surface area contributed by atoms with Crippen molar-refractivity contribution in [1.82, 2.24) is 0 Å². The van der Waals surface area contributed by atoms with Crippen LogP contribution in [0.2, 0.25) is 0 Å². The Hall–Kier alpha value is -0.590. The van der Waals surface area contributed by atoms with Gasteiger partial charge in [-0.3, -0.25) is 0 Å². The van der Waals surface area contributed by atoms with E-state index >= 15 is 0 Å². The number of hydrogen-bond acceptors (Lipinski definition) is 1. The van der Waals surface area contributed by atoms with E-state index in [0.717, 1.165) is 24.5 Å². The minimum atomic E-state index is 0.685. The molecule has 0 aromatic carbocycles. The summed E-state index contributed by atoms with van der Waals surface area (Å²) in [6.07, 6.45) is 8.38. The SMILES string of the molecule is CCC(CC)=C1C2CCC1C(CC=O)C2. The molecule has 0 heterocycles. The zero-order chi connectivity index (χ0) is 10.8. The van der Waals surface area contributed by atoms with Crippen LogP contribution in [0.5, 0.6) is 0 Å². The molecule has 2 aliphatic carbocycles.